The number of thiophene rings is 1. The molecule has 0 bridgehead atoms. The molecule has 2 aromatic rings. The van der Waals surface area contributed by atoms with Crippen LogP contribution in [0.5, 0.6) is 0 Å². The zero-order chi connectivity index (χ0) is 18.8. The standard InChI is InChI=1S/C19H25FN2O3S/c1-11(2)16-21-17-14(18(23)22(16)10-9-20)12(3)15(26-17)19(24)25-13-7-5-4-6-8-13/h11,13H,4-10H2,1-3H3. The smallest absolute Gasteiger partial charge is 0.348 e. The Balaban J connectivity index is 2.03. The van der Waals surface area contributed by atoms with Gasteiger partial charge in [-0.2, -0.15) is 0 Å². The maximum absolute atomic E-state index is 12.9. The summed E-state index contributed by atoms with van der Waals surface area (Å²) >= 11 is 1.20. The second-order valence-corrected chi connectivity index (χ2v) is 8.17. The van der Waals surface area contributed by atoms with Crippen LogP contribution in [0.25, 0.3) is 10.2 Å². The van der Waals surface area contributed by atoms with Crippen molar-refractivity contribution in [2.75, 3.05) is 6.67 Å². The molecule has 1 aliphatic rings. The van der Waals surface area contributed by atoms with Gasteiger partial charge in [-0.05, 0) is 38.2 Å². The monoisotopic (exact) mass is 380 g/mol. The quantitative estimate of drug-likeness (QED) is 0.724. The van der Waals surface area contributed by atoms with Gasteiger partial charge in [-0.1, -0.05) is 20.3 Å². The van der Waals surface area contributed by atoms with Gasteiger partial charge >= 0.3 is 5.97 Å². The zero-order valence-electron chi connectivity index (χ0n) is 15.5. The molecule has 26 heavy (non-hydrogen) atoms. The fraction of sp³-hybridized carbons (Fsp3) is 0.632. The van der Waals surface area contributed by atoms with E-state index in [2.05, 4.69) is 4.98 Å². The van der Waals surface area contributed by atoms with Gasteiger partial charge in [0.15, 0.2) is 0 Å². The van der Waals surface area contributed by atoms with E-state index in [4.69, 9.17) is 4.74 Å². The molecule has 0 aromatic carbocycles. The van der Waals surface area contributed by atoms with Crippen molar-refractivity contribution in [3.05, 3.63) is 26.6 Å². The number of hydrogen-bond acceptors (Lipinski definition) is 5. The first-order valence-corrected chi connectivity index (χ1v) is 10.1. The maximum Gasteiger partial charge on any atom is 0.348 e. The summed E-state index contributed by atoms with van der Waals surface area (Å²) in [6.45, 7) is 4.93. The third-order valence-corrected chi connectivity index (χ3v) is 6.08. The molecule has 0 aliphatic heterocycles. The Morgan fingerprint density at radius 3 is 2.65 bits per heavy atom. The van der Waals surface area contributed by atoms with Gasteiger partial charge in [0.05, 0.1) is 11.9 Å². The highest BCUT2D eigenvalue weighted by Crippen LogP contribution is 2.30. The molecular weight excluding hydrogens is 355 g/mol. The fourth-order valence-electron chi connectivity index (χ4n) is 3.56. The molecule has 2 aromatic heterocycles. The van der Waals surface area contributed by atoms with E-state index in [0.717, 1.165) is 25.7 Å². The topological polar surface area (TPSA) is 61.2 Å². The van der Waals surface area contributed by atoms with Crippen LogP contribution in [0.2, 0.25) is 0 Å². The lowest BCUT2D eigenvalue weighted by Gasteiger charge is -2.21. The molecule has 0 radical (unpaired) electrons. The van der Waals surface area contributed by atoms with Gasteiger partial charge in [0.1, 0.15) is 28.3 Å². The first kappa shape index (κ1) is 19.0. The third kappa shape index (κ3) is 3.54. The van der Waals surface area contributed by atoms with Crippen LogP contribution < -0.4 is 5.56 Å². The zero-order valence-corrected chi connectivity index (χ0v) is 16.3. The number of ether oxygens (including phenoxy) is 1. The van der Waals surface area contributed by atoms with Crippen molar-refractivity contribution in [3.63, 3.8) is 0 Å². The summed E-state index contributed by atoms with van der Waals surface area (Å²) in [4.78, 5) is 31.1. The minimum Gasteiger partial charge on any atom is -0.458 e. The second kappa shape index (κ2) is 7.86. The summed E-state index contributed by atoms with van der Waals surface area (Å²) in [5.74, 6) is 0.159. The van der Waals surface area contributed by atoms with E-state index in [1.165, 1.54) is 22.3 Å². The predicted octanol–water partition coefficient (Wildman–Crippen LogP) is 4.35. The Hall–Kier alpha value is -1.76. The molecule has 0 N–H and O–H groups in total. The lowest BCUT2D eigenvalue weighted by molar-refractivity contribution is 0.0216. The van der Waals surface area contributed by atoms with Crippen molar-refractivity contribution < 1.29 is 13.9 Å². The number of carbonyl (C=O) groups is 1. The molecule has 0 amide bonds. The average Bonchev–Trinajstić information content (AvgIpc) is 2.95. The summed E-state index contributed by atoms with van der Waals surface area (Å²) in [5, 5.41) is 0.406. The van der Waals surface area contributed by atoms with E-state index in [1.807, 2.05) is 13.8 Å². The van der Waals surface area contributed by atoms with Crippen molar-refractivity contribution in [2.45, 2.75) is 71.4 Å². The van der Waals surface area contributed by atoms with Gasteiger partial charge < -0.3 is 4.74 Å². The number of halogens is 1. The van der Waals surface area contributed by atoms with Gasteiger partial charge in [0.2, 0.25) is 0 Å². The molecule has 3 rings (SSSR count). The summed E-state index contributed by atoms with van der Waals surface area (Å²) in [6, 6.07) is 0. The predicted molar refractivity (Wildman–Crippen MR) is 101 cm³/mol. The third-order valence-electron chi connectivity index (χ3n) is 4.92. The van der Waals surface area contributed by atoms with Crippen molar-refractivity contribution in [2.24, 2.45) is 0 Å². The maximum atomic E-state index is 12.9. The fourth-order valence-corrected chi connectivity index (χ4v) is 4.62. The highest BCUT2D eigenvalue weighted by molar-refractivity contribution is 7.20. The number of carbonyl (C=O) groups excluding carboxylic acids is 1. The normalized spacial score (nSPS) is 15.7. The van der Waals surface area contributed by atoms with Crippen LogP contribution in [0, 0.1) is 6.92 Å². The lowest BCUT2D eigenvalue weighted by atomic mass is 9.98. The largest absolute Gasteiger partial charge is 0.458 e. The Bertz CT molecular complexity index is 866. The summed E-state index contributed by atoms with van der Waals surface area (Å²) in [7, 11) is 0. The molecule has 1 aliphatic carbocycles. The molecule has 0 spiro atoms. The number of fused-ring (bicyclic) bond motifs is 1. The van der Waals surface area contributed by atoms with Crippen molar-refractivity contribution in [3.8, 4) is 0 Å². The number of alkyl halides is 1. The SMILES string of the molecule is Cc1c(C(=O)OC2CCCCC2)sc2nc(C(C)C)n(CCF)c(=O)c12. The Labute approximate surface area is 156 Å². The van der Waals surface area contributed by atoms with Crippen LogP contribution in [-0.4, -0.2) is 28.3 Å². The lowest BCUT2D eigenvalue weighted by Crippen LogP contribution is -2.27. The van der Waals surface area contributed by atoms with E-state index in [0.29, 0.717) is 26.5 Å². The van der Waals surface area contributed by atoms with Gasteiger partial charge in [-0.15, -0.1) is 11.3 Å². The Morgan fingerprint density at radius 1 is 1.35 bits per heavy atom. The Morgan fingerprint density at radius 2 is 2.04 bits per heavy atom. The van der Waals surface area contributed by atoms with E-state index >= 15 is 0 Å². The molecule has 2 heterocycles. The van der Waals surface area contributed by atoms with E-state index in [-0.39, 0.29) is 30.1 Å². The minimum atomic E-state index is -0.632. The molecule has 1 saturated carbocycles. The number of esters is 1. The van der Waals surface area contributed by atoms with Crippen LogP contribution in [0.4, 0.5) is 4.39 Å². The summed E-state index contributed by atoms with van der Waals surface area (Å²) in [6.07, 6.45) is 5.10. The summed E-state index contributed by atoms with van der Waals surface area (Å²) in [5.41, 5.74) is 0.313. The van der Waals surface area contributed by atoms with Gasteiger partial charge in [0.25, 0.3) is 5.56 Å². The van der Waals surface area contributed by atoms with Crippen LogP contribution in [-0.2, 0) is 11.3 Å². The first-order chi connectivity index (χ1) is 12.4. The number of aryl methyl sites for hydroxylation is 1. The van der Waals surface area contributed by atoms with Gasteiger partial charge in [-0.25, -0.2) is 14.2 Å². The molecule has 142 valence electrons. The molecular formula is C19H25FN2O3S. The molecule has 0 unspecified atom stereocenters. The van der Waals surface area contributed by atoms with E-state index < -0.39 is 6.67 Å². The average molecular weight is 380 g/mol. The molecule has 7 heteroatoms. The molecule has 5 nitrogen and oxygen atoms in total. The van der Waals surface area contributed by atoms with Crippen LogP contribution >= 0.6 is 11.3 Å². The van der Waals surface area contributed by atoms with Crippen LogP contribution in [0.1, 0.15) is 72.9 Å². The molecule has 0 atom stereocenters. The van der Waals surface area contributed by atoms with Crippen molar-refractivity contribution >= 4 is 27.5 Å². The summed E-state index contributed by atoms with van der Waals surface area (Å²) < 4.78 is 20.0. The molecule has 1 fully saturated rings. The van der Waals surface area contributed by atoms with Crippen molar-refractivity contribution in [1.29, 1.82) is 0 Å². The Kier molecular flexibility index (Phi) is 5.75. The van der Waals surface area contributed by atoms with E-state index in [9.17, 15) is 14.0 Å². The minimum absolute atomic E-state index is 0.0151. The van der Waals surface area contributed by atoms with Crippen LogP contribution in [0.3, 0.4) is 0 Å². The van der Waals surface area contributed by atoms with Crippen molar-refractivity contribution in [1.82, 2.24) is 9.55 Å². The number of nitrogens with zero attached hydrogens (tertiary/aromatic N) is 2. The second-order valence-electron chi connectivity index (χ2n) is 7.17. The first-order valence-electron chi connectivity index (χ1n) is 9.24. The van der Waals surface area contributed by atoms with Gasteiger partial charge in [-0.3, -0.25) is 9.36 Å². The van der Waals surface area contributed by atoms with E-state index in [1.54, 1.807) is 6.92 Å². The molecule has 0 saturated heterocycles. The van der Waals surface area contributed by atoms with Gasteiger partial charge in [0, 0.05) is 5.92 Å². The number of aromatic nitrogens is 2. The highest BCUT2D eigenvalue weighted by atomic mass is 32.1. The van der Waals surface area contributed by atoms with Crippen LogP contribution in [0.15, 0.2) is 4.79 Å². The number of rotatable bonds is 5. The number of hydrogen-bond donors (Lipinski definition) is 0. The highest BCUT2D eigenvalue weighted by Gasteiger charge is 2.25.